The van der Waals surface area contributed by atoms with Crippen molar-refractivity contribution in [1.29, 1.82) is 0 Å². The molecule has 1 aromatic carbocycles. The van der Waals surface area contributed by atoms with E-state index in [0.29, 0.717) is 0 Å². The highest BCUT2D eigenvalue weighted by atomic mass is 35.5. The van der Waals surface area contributed by atoms with Gasteiger partial charge in [0.1, 0.15) is 0 Å². The molecule has 1 N–H and O–H groups in total. The molecule has 2 rings (SSSR count). The zero-order valence-electron chi connectivity index (χ0n) is 11.7. The number of aryl methyl sites for hydroxylation is 2. The summed E-state index contributed by atoms with van der Waals surface area (Å²) in [6.45, 7) is 5.13. The Morgan fingerprint density at radius 1 is 1.37 bits per heavy atom. The summed E-state index contributed by atoms with van der Waals surface area (Å²) in [5.74, 6) is 0. The van der Waals surface area contributed by atoms with Gasteiger partial charge in [-0.05, 0) is 37.6 Å². The van der Waals surface area contributed by atoms with E-state index >= 15 is 0 Å². The molecule has 0 amide bonds. The second kappa shape index (κ2) is 6.22. The first kappa shape index (κ1) is 14.1. The third-order valence-electron chi connectivity index (χ3n) is 3.24. The van der Waals surface area contributed by atoms with Crippen LogP contribution in [0.25, 0.3) is 0 Å². The minimum absolute atomic E-state index is 0.154. The zero-order chi connectivity index (χ0) is 13.8. The number of aromatic nitrogens is 2. The third kappa shape index (κ3) is 3.17. The summed E-state index contributed by atoms with van der Waals surface area (Å²) in [5.41, 5.74) is 3.48. The van der Waals surface area contributed by atoms with Crippen LogP contribution in [0.4, 0.5) is 0 Å². The molecule has 0 aliphatic carbocycles. The van der Waals surface area contributed by atoms with E-state index < -0.39 is 0 Å². The fraction of sp³-hybridized carbons (Fsp3) is 0.400. The van der Waals surface area contributed by atoms with E-state index in [1.54, 1.807) is 0 Å². The standard InChI is InChI=1S/C15H20ClN3/c1-4-7-19-10-13(9-18-19)15(17-3)12-5-6-14(16)11(2)8-12/h5-6,8-10,15,17H,4,7H2,1-3H3. The van der Waals surface area contributed by atoms with E-state index in [2.05, 4.69) is 35.7 Å². The first-order chi connectivity index (χ1) is 9.15. The number of hydrogen-bond donors (Lipinski definition) is 1. The molecular formula is C15H20ClN3. The number of nitrogens with zero attached hydrogens (tertiary/aromatic N) is 2. The van der Waals surface area contributed by atoms with Crippen molar-refractivity contribution in [3.8, 4) is 0 Å². The molecule has 0 saturated heterocycles. The first-order valence-electron chi connectivity index (χ1n) is 6.61. The summed E-state index contributed by atoms with van der Waals surface area (Å²) in [7, 11) is 1.96. The highest BCUT2D eigenvalue weighted by Crippen LogP contribution is 2.25. The molecule has 0 saturated carbocycles. The van der Waals surface area contributed by atoms with E-state index in [1.165, 1.54) is 11.1 Å². The maximum absolute atomic E-state index is 6.08. The SMILES string of the molecule is CCCn1cc(C(NC)c2ccc(Cl)c(C)c2)cn1. The molecule has 0 aliphatic heterocycles. The van der Waals surface area contributed by atoms with Crippen molar-refractivity contribution in [2.45, 2.75) is 32.9 Å². The van der Waals surface area contributed by atoms with Gasteiger partial charge in [0.15, 0.2) is 0 Å². The predicted molar refractivity (Wildman–Crippen MR) is 79.6 cm³/mol. The number of nitrogens with one attached hydrogen (secondary N) is 1. The molecule has 0 spiro atoms. The van der Waals surface area contributed by atoms with Crippen molar-refractivity contribution in [2.24, 2.45) is 0 Å². The normalized spacial score (nSPS) is 12.6. The van der Waals surface area contributed by atoms with Gasteiger partial charge >= 0.3 is 0 Å². The van der Waals surface area contributed by atoms with Gasteiger partial charge in [-0.25, -0.2) is 0 Å². The molecule has 0 aliphatic rings. The van der Waals surface area contributed by atoms with Gasteiger partial charge in [-0.1, -0.05) is 30.7 Å². The fourth-order valence-corrected chi connectivity index (χ4v) is 2.37. The molecule has 0 radical (unpaired) electrons. The smallest absolute Gasteiger partial charge is 0.0605 e. The molecule has 1 unspecified atom stereocenters. The number of rotatable bonds is 5. The van der Waals surface area contributed by atoms with Crippen molar-refractivity contribution in [2.75, 3.05) is 7.05 Å². The van der Waals surface area contributed by atoms with Gasteiger partial charge in [0.05, 0.1) is 12.2 Å². The molecule has 0 bridgehead atoms. The van der Waals surface area contributed by atoms with E-state index in [1.807, 2.05) is 30.9 Å². The van der Waals surface area contributed by atoms with Crippen molar-refractivity contribution in [3.63, 3.8) is 0 Å². The second-order valence-electron chi connectivity index (χ2n) is 4.77. The van der Waals surface area contributed by atoms with Gasteiger partial charge in [0.25, 0.3) is 0 Å². The Hall–Kier alpha value is -1.32. The van der Waals surface area contributed by atoms with Crippen molar-refractivity contribution in [3.05, 3.63) is 52.3 Å². The van der Waals surface area contributed by atoms with Gasteiger partial charge in [-0.15, -0.1) is 0 Å². The second-order valence-corrected chi connectivity index (χ2v) is 5.17. The van der Waals surface area contributed by atoms with Crippen molar-refractivity contribution < 1.29 is 0 Å². The average molecular weight is 278 g/mol. The van der Waals surface area contributed by atoms with Gasteiger partial charge in [-0.3, -0.25) is 4.68 Å². The van der Waals surface area contributed by atoms with Gasteiger partial charge in [0.2, 0.25) is 0 Å². The molecule has 102 valence electrons. The van der Waals surface area contributed by atoms with Crippen LogP contribution >= 0.6 is 11.6 Å². The van der Waals surface area contributed by atoms with E-state index in [-0.39, 0.29) is 6.04 Å². The lowest BCUT2D eigenvalue weighted by molar-refractivity contribution is 0.600. The van der Waals surface area contributed by atoms with E-state index in [0.717, 1.165) is 23.6 Å². The van der Waals surface area contributed by atoms with Crippen LogP contribution in [0.2, 0.25) is 5.02 Å². The Morgan fingerprint density at radius 3 is 2.79 bits per heavy atom. The van der Waals surface area contributed by atoms with Gasteiger partial charge in [0, 0.05) is 23.3 Å². The molecule has 2 aromatic rings. The summed E-state index contributed by atoms with van der Waals surface area (Å²) >= 11 is 6.08. The lowest BCUT2D eigenvalue weighted by Gasteiger charge is -2.16. The van der Waals surface area contributed by atoms with Crippen LogP contribution in [0.1, 0.15) is 36.1 Å². The maximum atomic E-state index is 6.08. The summed E-state index contributed by atoms with van der Waals surface area (Å²) in [6, 6.07) is 6.29. The summed E-state index contributed by atoms with van der Waals surface area (Å²) in [5, 5.41) is 8.54. The Labute approximate surface area is 119 Å². The maximum Gasteiger partial charge on any atom is 0.0605 e. The molecular weight excluding hydrogens is 258 g/mol. The van der Waals surface area contributed by atoms with Crippen LogP contribution in [0.5, 0.6) is 0 Å². The molecule has 19 heavy (non-hydrogen) atoms. The monoisotopic (exact) mass is 277 g/mol. The largest absolute Gasteiger partial charge is 0.309 e. The minimum atomic E-state index is 0.154. The summed E-state index contributed by atoms with van der Waals surface area (Å²) in [6.07, 6.45) is 5.13. The van der Waals surface area contributed by atoms with Gasteiger partial charge < -0.3 is 5.32 Å². The highest BCUT2D eigenvalue weighted by Gasteiger charge is 2.14. The Kier molecular flexibility index (Phi) is 4.61. The Morgan fingerprint density at radius 2 is 2.16 bits per heavy atom. The van der Waals surface area contributed by atoms with Crippen molar-refractivity contribution >= 4 is 11.6 Å². The first-order valence-corrected chi connectivity index (χ1v) is 6.99. The van der Waals surface area contributed by atoms with Crippen LogP contribution in [-0.4, -0.2) is 16.8 Å². The van der Waals surface area contributed by atoms with Crippen LogP contribution in [0.15, 0.2) is 30.6 Å². The number of benzene rings is 1. The molecule has 1 heterocycles. The van der Waals surface area contributed by atoms with Crippen LogP contribution < -0.4 is 5.32 Å². The molecule has 3 nitrogen and oxygen atoms in total. The minimum Gasteiger partial charge on any atom is -0.309 e. The molecule has 4 heteroatoms. The van der Waals surface area contributed by atoms with Crippen LogP contribution in [0, 0.1) is 6.92 Å². The van der Waals surface area contributed by atoms with Gasteiger partial charge in [-0.2, -0.15) is 5.10 Å². The van der Waals surface area contributed by atoms with Crippen LogP contribution in [-0.2, 0) is 6.54 Å². The molecule has 1 atom stereocenters. The van der Waals surface area contributed by atoms with Crippen LogP contribution in [0.3, 0.4) is 0 Å². The van der Waals surface area contributed by atoms with E-state index in [9.17, 15) is 0 Å². The van der Waals surface area contributed by atoms with E-state index in [4.69, 9.17) is 11.6 Å². The third-order valence-corrected chi connectivity index (χ3v) is 3.67. The quantitative estimate of drug-likeness (QED) is 0.906. The topological polar surface area (TPSA) is 29.9 Å². The zero-order valence-corrected chi connectivity index (χ0v) is 12.4. The molecule has 0 fully saturated rings. The Balaban J connectivity index is 2.29. The lowest BCUT2D eigenvalue weighted by atomic mass is 10.00. The summed E-state index contributed by atoms with van der Waals surface area (Å²) < 4.78 is 1.99. The summed E-state index contributed by atoms with van der Waals surface area (Å²) in [4.78, 5) is 0. The molecule has 1 aromatic heterocycles. The fourth-order valence-electron chi connectivity index (χ4n) is 2.25. The number of halogens is 1. The van der Waals surface area contributed by atoms with Crippen molar-refractivity contribution in [1.82, 2.24) is 15.1 Å². The lowest BCUT2D eigenvalue weighted by Crippen LogP contribution is -2.17. The number of hydrogen-bond acceptors (Lipinski definition) is 2. The average Bonchev–Trinajstić information content (AvgIpc) is 2.83. The Bertz CT molecular complexity index is 548. The highest BCUT2D eigenvalue weighted by molar-refractivity contribution is 6.31. The predicted octanol–water partition coefficient (Wildman–Crippen LogP) is 3.56.